The molecule has 1 fully saturated rings. The molecule has 1 aliphatic rings. The molecule has 0 aliphatic carbocycles. The number of rotatable bonds is 5. The minimum absolute atomic E-state index is 0.394. The van der Waals surface area contributed by atoms with Crippen molar-refractivity contribution in [2.75, 3.05) is 18.8 Å². The van der Waals surface area contributed by atoms with Crippen molar-refractivity contribution in [1.82, 2.24) is 20.3 Å². The second kappa shape index (κ2) is 7.80. The van der Waals surface area contributed by atoms with Crippen LogP contribution in [-0.2, 0) is 6.61 Å². The lowest BCUT2D eigenvalue weighted by Crippen LogP contribution is -2.26. The summed E-state index contributed by atoms with van der Waals surface area (Å²) in [7, 11) is 0. The van der Waals surface area contributed by atoms with Crippen LogP contribution in [0.5, 0.6) is 5.75 Å². The molecule has 0 unspecified atom stereocenters. The molecule has 3 aromatic heterocycles. The highest BCUT2D eigenvalue weighted by molar-refractivity contribution is 7.15. The molecule has 134 valence electrons. The Morgan fingerprint density at radius 3 is 2.77 bits per heavy atom. The molecule has 0 amide bonds. The number of thiazole rings is 1. The number of nitrogens with zero attached hydrogens (tertiary/aromatic N) is 3. The predicted molar refractivity (Wildman–Crippen MR) is 103 cm³/mol. The Morgan fingerprint density at radius 1 is 1.15 bits per heavy atom. The molecule has 0 spiro atoms. The third-order valence-corrected chi connectivity index (χ3v) is 5.73. The normalized spacial score (nSPS) is 15.1. The van der Waals surface area contributed by atoms with Crippen LogP contribution in [0.4, 0.5) is 5.82 Å². The number of nitrogen functional groups attached to an aromatic ring is 1. The molecule has 0 bridgehead atoms. The monoisotopic (exact) mass is 367 g/mol. The third kappa shape index (κ3) is 3.84. The maximum absolute atomic E-state index is 5.99. The number of anilines is 1. The lowest BCUT2D eigenvalue weighted by Gasteiger charge is -2.20. The van der Waals surface area contributed by atoms with Crippen LogP contribution in [0, 0.1) is 0 Å². The Bertz CT molecular complexity index is 861. The van der Waals surface area contributed by atoms with E-state index in [0.29, 0.717) is 24.1 Å². The van der Waals surface area contributed by atoms with Crippen molar-refractivity contribution in [2.24, 2.45) is 0 Å². The average molecular weight is 367 g/mol. The summed E-state index contributed by atoms with van der Waals surface area (Å²) in [6, 6.07) is 5.78. The number of pyridine rings is 2. The van der Waals surface area contributed by atoms with Gasteiger partial charge in [0.15, 0.2) is 11.6 Å². The Balaban J connectivity index is 1.51. The van der Waals surface area contributed by atoms with Crippen LogP contribution >= 0.6 is 11.3 Å². The maximum atomic E-state index is 5.99. The smallest absolute Gasteiger partial charge is 0.166 e. The number of hydrogen-bond donors (Lipinski definition) is 2. The van der Waals surface area contributed by atoms with Crippen molar-refractivity contribution >= 4 is 17.2 Å². The molecule has 7 heteroatoms. The summed E-state index contributed by atoms with van der Waals surface area (Å²) in [5.41, 5.74) is 8.01. The van der Waals surface area contributed by atoms with E-state index in [1.165, 1.54) is 5.01 Å². The van der Waals surface area contributed by atoms with E-state index in [1.807, 2.05) is 24.4 Å². The molecular weight excluding hydrogens is 346 g/mol. The van der Waals surface area contributed by atoms with Crippen LogP contribution in [0.15, 0.2) is 43.0 Å². The molecule has 0 saturated carbocycles. The van der Waals surface area contributed by atoms with E-state index in [2.05, 4.69) is 20.3 Å². The summed E-state index contributed by atoms with van der Waals surface area (Å²) in [5, 5.41) is 4.60. The van der Waals surface area contributed by atoms with Crippen molar-refractivity contribution < 1.29 is 4.74 Å². The number of ether oxygens (including phenoxy) is 1. The van der Waals surface area contributed by atoms with Crippen molar-refractivity contribution in [1.29, 1.82) is 0 Å². The molecule has 0 aromatic carbocycles. The highest BCUT2D eigenvalue weighted by Gasteiger charge is 2.19. The number of piperidine rings is 1. The fourth-order valence-electron chi connectivity index (χ4n) is 3.02. The van der Waals surface area contributed by atoms with Crippen LogP contribution in [0.1, 0.15) is 29.3 Å². The fraction of sp³-hybridized carbons (Fsp3) is 0.316. The minimum Gasteiger partial charge on any atom is -0.485 e. The van der Waals surface area contributed by atoms with Gasteiger partial charge in [0.05, 0.1) is 9.88 Å². The van der Waals surface area contributed by atoms with E-state index in [1.54, 1.807) is 29.9 Å². The van der Waals surface area contributed by atoms with Gasteiger partial charge < -0.3 is 15.8 Å². The van der Waals surface area contributed by atoms with E-state index in [4.69, 9.17) is 10.5 Å². The number of nitrogens with two attached hydrogens (primary N) is 1. The number of aromatic nitrogens is 3. The highest BCUT2D eigenvalue weighted by Crippen LogP contribution is 2.35. The molecular formula is C19H21N5OS. The Hall–Kier alpha value is -2.51. The zero-order valence-electron chi connectivity index (χ0n) is 14.4. The van der Waals surface area contributed by atoms with Gasteiger partial charge in [-0.2, -0.15) is 0 Å². The van der Waals surface area contributed by atoms with Gasteiger partial charge in [0, 0.05) is 36.3 Å². The van der Waals surface area contributed by atoms with Crippen molar-refractivity contribution in [3.05, 3.63) is 53.6 Å². The Kier molecular flexibility index (Phi) is 5.08. The second-order valence-electron chi connectivity index (χ2n) is 6.34. The topological polar surface area (TPSA) is 86.0 Å². The van der Waals surface area contributed by atoms with Crippen molar-refractivity contribution in [3.8, 4) is 16.2 Å². The maximum Gasteiger partial charge on any atom is 0.166 e. The van der Waals surface area contributed by atoms with Crippen LogP contribution in [0.3, 0.4) is 0 Å². The Morgan fingerprint density at radius 2 is 1.96 bits per heavy atom. The minimum atomic E-state index is 0.394. The molecule has 4 rings (SSSR count). The SMILES string of the molecule is Nc1ncc(-c2cnc(C3CCNCC3)s2)cc1OCc1ccncc1. The fourth-order valence-corrected chi connectivity index (χ4v) is 4.09. The Labute approximate surface area is 156 Å². The molecule has 0 radical (unpaired) electrons. The lowest BCUT2D eigenvalue weighted by molar-refractivity contribution is 0.307. The van der Waals surface area contributed by atoms with Gasteiger partial charge in [-0.05, 0) is 49.7 Å². The lowest BCUT2D eigenvalue weighted by atomic mass is 9.99. The van der Waals surface area contributed by atoms with Gasteiger partial charge in [-0.3, -0.25) is 4.98 Å². The summed E-state index contributed by atoms with van der Waals surface area (Å²) >= 11 is 1.74. The third-order valence-electron chi connectivity index (χ3n) is 4.52. The summed E-state index contributed by atoms with van der Waals surface area (Å²) in [6.45, 7) is 2.56. The van der Waals surface area contributed by atoms with Crippen LogP contribution in [-0.4, -0.2) is 28.0 Å². The summed E-state index contributed by atoms with van der Waals surface area (Å²) < 4.78 is 5.87. The zero-order chi connectivity index (χ0) is 17.8. The molecule has 3 N–H and O–H groups in total. The van der Waals surface area contributed by atoms with E-state index in [-0.39, 0.29) is 0 Å². The first-order valence-corrected chi connectivity index (χ1v) is 9.55. The largest absolute Gasteiger partial charge is 0.485 e. The summed E-state index contributed by atoms with van der Waals surface area (Å²) in [6.07, 6.45) is 9.50. The van der Waals surface area contributed by atoms with E-state index < -0.39 is 0 Å². The first-order chi connectivity index (χ1) is 12.8. The quantitative estimate of drug-likeness (QED) is 0.720. The van der Waals surface area contributed by atoms with Gasteiger partial charge in [0.25, 0.3) is 0 Å². The average Bonchev–Trinajstić information content (AvgIpc) is 3.19. The standard InChI is InChI=1S/C19H21N5OS/c20-18-16(25-12-13-1-5-21-6-2-13)9-15(10-23-18)17-11-24-19(26-17)14-3-7-22-8-4-14/h1-2,5-6,9-11,14,22H,3-4,7-8,12H2,(H2,20,23). The number of nitrogens with one attached hydrogen (secondary N) is 1. The van der Waals surface area contributed by atoms with Crippen molar-refractivity contribution in [3.63, 3.8) is 0 Å². The molecule has 3 aromatic rings. The van der Waals surface area contributed by atoms with Gasteiger partial charge in [-0.15, -0.1) is 11.3 Å². The van der Waals surface area contributed by atoms with Gasteiger partial charge in [-0.1, -0.05) is 0 Å². The number of hydrogen-bond acceptors (Lipinski definition) is 7. The van der Waals surface area contributed by atoms with E-state index in [9.17, 15) is 0 Å². The molecule has 0 atom stereocenters. The summed E-state index contributed by atoms with van der Waals surface area (Å²) in [5.74, 6) is 1.54. The van der Waals surface area contributed by atoms with Gasteiger partial charge in [-0.25, -0.2) is 9.97 Å². The molecule has 4 heterocycles. The van der Waals surface area contributed by atoms with Crippen LogP contribution < -0.4 is 15.8 Å². The van der Waals surface area contributed by atoms with E-state index in [0.717, 1.165) is 41.9 Å². The first-order valence-electron chi connectivity index (χ1n) is 8.73. The predicted octanol–water partition coefficient (Wildman–Crippen LogP) is 3.23. The first kappa shape index (κ1) is 16.9. The molecule has 6 nitrogen and oxygen atoms in total. The van der Waals surface area contributed by atoms with E-state index >= 15 is 0 Å². The summed E-state index contributed by atoms with van der Waals surface area (Å²) in [4.78, 5) is 14.1. The van der Waals surface area contributed by atoms with Gasteiger partial charge in [0.1, 0.15) is 6.61 Å². The highest BCUT2D eigenvalue weighted by atomic mass is 32.1. The molecule has 26 heavy (non-hydrogen) atoms. The van der Waals surface area contributed by atoms with Crippen molar-refractivity contribution in [2.45, 2.75) is 25.4 Å². The van der Waals surface area contributed by atoms with Gasteiger partial charge in [0.2, 0.25) is 0 Å². The second-order valence-corrected chi connectivity index (χ2v) is 7.40. The molecule has 1 saturated heterocycles. The van der Waals surface area contributed by atoms with Gasteiger partial charge >= 0.3 is 0 Å². The van der Waals surface area contributed by atoms with Crippen LogP contribution in [0.25, 0.3) is 10.4 Å². The van der Waals surface area contributed by atoms with Crippen LogP contribution in [0.2, 0.25) is 0 Å². The zero-order valence-corrected chi connectivity index (χ0v) is 15.2. The molecule has 1 aliphatic heterocycles.